The molecule has 1 aromatic carbocycles. The van der Waals surface area contributed by atoms with Crippen molar-refractivity contribution in [1.82, 2.24) is 15.6 Å². The van der Waals surface area contributed by atoms with Crippen molar-refractivity contribution in [3.05, 3.63) is 52.8 Å². The van der Waals surface area contributed by atoms with Crippen LogP contribution in [0.5, 0.6) is 11.5 Å². The van der Waals surface area contributed by atoms with Crippen molar-refractivity contribution in [2.45, 2.75) is 26.5 Å². The highest BCUT2D eigenvalue weighted by Crippen LogP contribution is 2.29. The van der Waals surface area contributed by atoms with Gasteiger partial charge in [-0.05, 0) is 57.2 Å². The number of nitrogens with one attached hydrogen (secondary N) is 2. The minimum absolute atomic E-state index is 0. The number of benzene rings is 1. The van der Waals surface area contributed by atoms with Gasteiger partial charge in [0.05, 0.1) is 6.61 Å². The molecule has 27 heavy (non-hydrogen) atoms. The van der Waals surface area contributed by atoms with E-state index in [0.29, 0.717) is 18.4 Å². The number of nitrogens with zero attached hydrogens (tertiary/aromatic N) is 1. The van der Waals surface area contributed by atoms with Gasteiger partial charge in [0.15, 0.2) is 11.5 Å². The van der Waals surface area contributed by atoms with Crippen LogP contribution < -0.4 is 20.1 Å². The van der Waals surface area contributed by atoms with E-state index in [2.05, 4.69) is 21.7 Å². The predicted molar refractivity (Wildman–Crippen MR) is 116 cm³/mol. The van der Waals surface area contributed by atoms with E-state index in [9.17, 15) is 0 Å². The molecule has 5 nitrogen and oxygen atoms in total. The maximum Gasteiger partial charge on any atom is 0.161 e. The second-order valence-corrected chi connectivity index (χ2v) is 6.01. The second kappa shape index (κ2) is 14.8. The highest BCUT2D eigenvalue weighted by atomic mass is 35.5. The number of hydrogen-bond donors (Lipinski definition) is 2. The fourth-order valence-corrected chi connectivity index (χ4v) is 2.44. The van der Waals surface area contributed by atoms with Crippen molar-refractivity contribution < 1.29 is 9.47 Å². The molecule has 0 bridgehead atoms. The number of hydrogen-bond acceptors (Lipinski definition) is 5. The monoisotopic (exact) mass is 435 g/mol. The third kappa shape index (κ3) is 9.49. The maximum absolute atomic E-state index is 5.89. The fraction of sp³-hybridized carbons (Fsp3) is 0.421. The molecule has 0 spiro atoms. The van der Waals surface area contributed by atoms with Gasteiger partial charge in [-0.15, -0.1) is 24.8 Å². The van der Waals surface area contributed by atoms with Crippen LogP contribution >= 0.6 is 36.4 Å². The molecule has 152 valence electrons. The molecule has 0 saturated heterocycles. The molecule has 2 aromatic rings. The molecule has 0 amide bonds. The largest absolute Gasteiger partial charge is 0.490 e. The van der Waals surface area contributed by atoms with Gasteiger partial charge in [-0.1, -0.05) is 23.7 Å². The van der Waals surface area contributed by atoms with Gasteiger partial charge in [0, 0.05) is 18.3 Å². The summed E-state index contributed by atoms with van der Waals surface area (Å²) in [6.07, 6.45) is 2.82. The Labute approximate surface area is 179 Å². The average Bonchev–Trinajstić information content (AvgIpc) is 2.62. The topological polar surface area (TPSA) is 55.4 Å². The minimum Gasteiger partial charge on any atom is -0.490 e. The lowest BCUT2D eigenvalue weighted by atomic mass is 10.2. The van der Waals surface area contributed by atoms with E-state index in [4.69, 9.17) is 21.1 Å². The van der Waals surface area contributed by atoms with Crippen LogP contribution in [0.3, 0.4) is 0 Å². The Bertz CT molecular complexity index is 643. The summed E-state index contributed by atoms with van der Waals surface area (Å²) < 4.78 is 11.6. The summed E-state index contributed by atoms with van der Waals surface area (Å²) in [6, 6.07) is 9.71. The quantitative estimate of drug-likeness (QED) is 0.407. The standard InChI is InChI=1S/C19H26ClN3O2.2ClH/c1-3-24-18-11-15(12-22-10-4-9-21-2)5-7-17(18)25-14-16-6-8-19(20)23-13-16;;/h5-8,11,13,21-22H,3-4,9-10,12,14H2,1-2H3;2*1H. The van der Waals surface area contributed by atoms with Gasteiger partial charge in [-0.2, -0.15) is 0 Å². The third-order valence-corrected chi connectivity index (χ3v) is 3.82. The summed E-state index contributed by atoms with van der Waals surface area (Å²) in [7, 11) is 1.97. The summed E-state index contributed by atoms with van der Waals surface area (Å²) in [5, 5.41) is 7.05. The first-order valence-corrected chi connectivity index (χ1v) is 8.95. The van der Waals surface area contributed by atoms with Crippen LogP contribution in [-0.2, 0) is 13.2 Å². The van der Waals surface area contributed by atoms with E-state index < -0.39 is 0 Å². The van der Waals surface area contributed by atoms with Crippen LogP contribution in [0.4, 0.5) is 0 Å². The van der Waals surface area contributed by atoms with E-state index in [1.807, 2.05) is 32.2 Å². The van der Waals surface area contributed by atoms with Crippen LogP contribution in [0, 0.1) is 0 Å². The molecule has 0 aliphatic rings. The van der Waals surface area contributed by atoms with Gasteiger partial charge >= 0.3 is 0 Å². The molecule has 2 N–H and O–H groups in total. The molecule has 0 saturated carbocycles. The van der Waals surface area contributed by atoms with Gasteiger partial charge in [0.1, 0.15) is 11.8 Å². The van der Waals surface area contributed by atoms with Gasteiger partial charge in [-0.3, -0.25) is 0 Å². The fourth-order valence-electron chi connectivity index (χ4n) is 2.33. The highest BCUT2D eigenvalue weighted by molar-refractivity contribution is 6.29. The molecule has 2 rings (SSSR count). The van der Waals surface area contributed by atoms with Crippen LogP contribution in [0.25, 0.3) is 0 Å². The lowest BCUT2D eigenvalue weighted by molar-refractivity contribution is 0.269. The summed E-state index contributed by atoms with van der Waals surface area (Å²) in [5.41, 5.74) is 2.13. The lowest BCUT2D eigenvalue weighted by Crippen LogP contribution is -2.19. The van der Waals surface area contributed by atoms with Crippen LogP contribution in [0.2, 0.25) is 5.15 Å². The first kappa shape index (κ1) is 25.8. The molecule has 1 heterocycles. The van der Waals surface area contributed by atoms with E-state index in [1.165, 1.54) is 5.56 Å². The molecule has 8 heteroatoms. The van der Waals surface area contributed by atoms with Crippen molar-refractivity contribution >= 4 is 36.4 Å². The summed E-state index contributed by atoms with van der Waals surface area (Å²) in [6.45, 7) is 5.79. The summed E-state index contributed by atoms with van der Waals surface area (Å²) >= 11 is 5.80. The highest BCUT2D eigenvalue weighted by Gasteiger charge is 2.07. The zero-order chi connectivity index (χ0) is 17.9. The van der Waals surface area contributed by atoms with Crippen molar-refractivity contribution in [3.63, 3.8) is 0 Å². The summed E-state index contributed by atoms with van der Waals surface area (Å²) in [4.78, 5) is 4.06. The lowest BCUT2D eigenvalue weighted by Gasteiger charge is -2.14. The molecule has 1 aromatic heterocycles. The number of halogens is 3. The Hall–Kier alpha value is -1.24. The maximum atomic E-state index is 5.89. The van der Waals surface area contributed by atoms with E-state index in [0.717, 1.165) is 43.1 Å². The zero-order valence-corrected chi connectivity index (χ0v) is 18.1. The van der Waals surface area contributed by atoms with Crippen molar-refractivity contribution in [2.24, 2.45) is 0 Å². The van der Waals surface area contributed by atoms with E-state index in [1.54, 1.807) is 12.3 Å². The van der Waals surface area contributed by atoms with Gasteiger partial charge in [0.25, 0.3) is 0 Å². The van der Waals surface area contributed by atoms with Crippen LogP contribution in [0.15, 0.2) is 36.5 Å². The minimum atomic E-state index is 0. The molecule has 0 aliphatic carbocycles. The zero-order valence-electron chi connectivity index (χ0n) is 15.7. The third-order valence-electron chi connectivity index (χ3n) is 3.60. The first-order valence-electron chi connectivity index (χ1n) is 8.57. The Morgan fingerprint density at radius 3 is 2.44 bits per heavy atom. The first-order chi connectivity index (χ1) is 12.2. The molecule has 0 aliphatic heterocycles. The average molecular weight is 437 g/mol. The van der Waals surface area contributed by atoms with Gasteiger partial charge < -0.3 is 20.1 Å². The Balaban J connectivity index is 0.00000338. The number of pyridine rings is 1. The Morgan fingerprint density at radius 2 is 1.78 bits per heavy atom. The van der Waals surface area contributed by atoms with Crippen LogP contribution in [-0.4, -0.2) is 31.7 Å². The number of rotatable bonds is 11. The smallest absolute Gasteiger partial charge is 0.161 e. The van der Waals surface area contributed by atoms with Crippen LogP contribution in [0.1, 0.15) is 24.5 Å². The Morgan fingerprint density at radius 1 is 1.00 bits per heavy atom. The summed E-state index contributed by atoms with van der Waals surface area (Å²) in [5.74, 6) is 1.50. The molecular weight excluding hydrogens is 409 g/mol. The molecule has 0 atom stereocenters. The van der Waals surface area contributed by atoms with Crippen molar-refractivity contribution in [3.8, 4) is 11.5 Å². The number of aromatic nitrogens is 1. The number of ether oxygens (including phenoxy) is 2. The van der Waals surface area contributed by atoms with E-state index in [-0.39, 0.29) is 24.8 Å². The van der Waals surface area contributed by atoms with Crippen molar-refractivity contribution in [1.29, 1.82) is 0 Å². The molecule has 0 radical (unpaired) electrons. The van der Waals surface area contributed by atoms with Gasteiger partial charge in [0.2, 0.25) is 0 Å². The Kier molecular flexibility index (Phi) is 14.1. The second-order valence-electron chi connectivity index (χ2n) is 5.63. The molecular formula is C19H28Cl3N3O2. The SMILES string of the molecule is CCOc1cc(CNCCCNC)ccc1OCc1ccc(Cl)nc1.Cl.Cl. The van der Waals surface area contributed by atoms with Gasteiger partial charge in [-0.25, -0.2) is 4.98 Å². The molecule has 0 unspecified atom stereocenters. The molecule has 0 fully saturated rings. The van der Waals surface area contributed by atoms with Crippen molar-refractivity contribution in [2.75, 3.05) is 26.7 Å². The predicted octanol–water partition coefficient (Wildman–Crippen LogP) is 4.26. The normalized spacial score (nSPS) is 9.89. The van der Waals surface area contributed by atoms with E-state index >= 15 is 0 Å².